The van der Waals surface area contributed by atoms with Gasteiger partial charge in [-0.3, -0.25) is 4.57 Å². The molecule has 0 radical (unpaired) electrons. The smallest absolute Gasteiger partial charge is 0.331 e. The van der Waals surface area contributed by atoms with Crippen LogP contribution in [0.3, 0.4) is 0 Å². The summed E-state index contributed by atoms with van der Waals surface area (Å²) in [6.45, 7) is 0. The van der Waals surface area contributed by atoms with E-state index in [2.05, 4.69) is 4.98 Å². The molecule has 0 fully saturated rings. The number of hydrogen-bond acceptors (Lipinski definition) is 2. The van der Waals surface area contributed by atoms with E-state index >= 15 is 0 Å². The fourth-order valence-electron chi connectivity index (χ4n) is 2.63. The van der Waals surface area contributed by atoms with Crippen molar-refractivity contribution in [2.45, 2.75) is 0 Å². The van der Waals surface area contributed by atoms with Crippen LogP contribution < -0.4 is 5.69 Å². The molecule has 4 rings (SSSR count). The van der Waals surface area contributed by atoms with Crippen molar-refractivity contribution in [3.8, 4) is 11.4 Å². The molecule has 0 saturated carbocycles. The summed E-state index contributed by atoms with van der Waals surface area (Å²) in [4.78, 5) is 15.0. The monoisotopic (exact) mass is 250 g/mol. The molecule has 2 N–H and O–H groups in total. The average molecular weight is 250 g/mol. The SMILES string of the molecule is O=c1[nH]c2cc(O)cc3c2n1-c1ccccc1C=C3. The number of nitrogens with zero attached hydrogens (tertiary/aromatic N) is 1. The van der Waals surface area contributed by atoms with Gasteiger partial charge in [0, 0.05) is 11.6 Å². The highest BCUT2D eigenvalue weighted by Crippen LogP contribution is 2.30. The van der Waals surface area contributed by atoms with Crippen molar-refractivity contribution in [1.82, 2.24) is 9.55 Å². The summed E-state index contributed by atoms with van der Waals surface area (Å²) in [5.74, 6) is 0.145. The molecule has 1 aromatic heterocycles. The second-order valence-corrected chi connectivity index (χ2v) is 4.59. The van der Waals surface area contributed by atoms with Gasteiger partial charge in [0.1, 0.15) is 5.75 Å². The number of aromatic hydroxyl groups is 1. The summed E-state index contributed by atoms with van der Waals surface area (Å²) < 4.78 is 1.65. The third kappa shape index (κ3) is 1.31. The summed E-state index contributed by atoms with van der Waals surface area (Å²) in [5.41, 5.74) is 3.88. The molecule has 2 aromatic carbocycles. The van der Waals surface area contributed by atoms with Gasteiger partial charge in [-0.2, -0.15) is 0 Å². The van der Waals surface area contributed by atoms with Crippen molar-refractivity contribution in [2.24, 2.45) is 0 Å². The minimum atomic E-state index is -0.196. The first kappa shape index (κ1) is 10.2. The molecular weight excluding hydrogens is 240 g/mol. The first-order chi connectivity index (χ1) is 9.24. The highest BCUT2D eigenvalue weighted by Gasteiger charge is 2.16. The Morgan fingerprint density at radius 3 is 2.74 bits per heavy atom. The largest absolute Gasteiger partial charge is 0.508 e. The van der Waals surface area contributed by atoms with Crippen molar-refractivity contribution < 1.29 is 5.11 Å². The molecule has 0 atom stereocenters. The maximum Gasteiger partial charge on any atom is 0.331 e. The molecule has 0 spiro atoms. The molecule has 1 aliphatic heterocycles. The predicted octanol–water partition coefficient (Wildman–Crippen LogP) is 2.51. The molecule has 0 aliphatic carbocycles. The van der Waals surface area contributed by atoms with E-state index in [1.54, 1.807) is 16.7 Å². The van der Waals surface area contributed by atoms with Gasteiger partial charge >= 0.3 is 5.69 Å². The van der Waals surface area contributed by atoms with E-state index < -0.39 is 0 Å². The topological polar surface area (TPSA) is 58.0 Å². The summed E-state index contributed by atoms with van der Waals surface area (Å²) >= 11 is 0. The van der Waals surface area contributed by atoms with Gasteiger partial charge in [-0.25, -0.2) is 4.79 Å². The van der Waals surface area contributed by atoms with Crippen molar-refractivity contribution in [2.75, 3.05) is 0 Å². The molecular formula is C15H10N2O2. The Balaban J connectivity index is 2.28. The van der Waals surface area contributed by atoms with Crippen LogP contribution in [0.5, 0.6) is 5.75 Å². The number of aromatic amines is 1. The van der Waals surface area contributed by atoms with Crippen LogP contribution in [0.15, 0.2) is 41.2 Å². The van der Waals surface area contributed by atoms with Crippen LogP contribution in [0.1, 0.15) is 11.1 Å². The van der Waals surface area contributed by atoms with E-state index in [1.165, 1.54) is 0 Å². The summed E-state index contributed by atoms with van der Waals surface area (Å²) in [5, 5.41) is 9.71. The quantitative estimate of drug-likeness (QED) is 0.504. The molecule has 4 nitrogen and oxygen atoms in total. The van der Waals surface area contributed by atoms with Crippen molar-refractivity contribution >= 4 is 23.2 Å². The lowest BCUT2D eigenvalue weighted by Gasteiger charge is -2.06. The second-order valence-electron chi connectivity index (χ2n) is 4.59. The Bertz CT molecular complexity index is 900. The number of nitrogens with one attached hydrogen (secondary N) is 1. The molecule has 0 bridgehead atoms. The average Bonchev–Trinajstić information content (AvgIpc) is 2.62. The van der Waals surface area contributed by atoms with Crippen LogP contribution in [0.25, 0.3) is 28.9 Å². The van der Waals surface area contributed by atoms with Gasteiger partial charge in [0.05, 0.1) is 16.7 Å². The molecule has 4 heteroatoms. The van der Waals surface area contributed by atoms with E-state index in [0.717, 1.165) is 22.3 Å². The van der Waals surface area contributed by atoms with Crippen LogP contribution in [0, 0.1) is 0 Å². The van der Waals surface area contributed by atoms with Crippen LogP contribution in [-0.4, -0.2) is 14.7 Å². The number of fused-ring (bicyclic) bond motifs is 2. The fourth-order valence-corrected chi connectivity index (χ4v) is 2.63. The molecule has 0 saturated heterocycles. The standard InChI is InChI=1S/C15H10N2O2/c18-11-7-10-6-5-9-3-1-2-4-13(9)17-14(10)12(8-11)16-15(17)19/h1-8,18H,(H,16,19). The number of imidazole rings is 1. The first-order valence-electron chi connectivity index (χ1n) is 5.99. The lowest BCUT2D eigenvalue weighted by molar-refractivity contribution is 0.476. The maximum absolute atomic E-state index is 12.2. The number of benzene rings is 2. The van der Waals surface area contributed by atoms with E-state index in [9.17, 15) is 9.90 Å². The second kappa shape index (κ2) is 3.38. The van der Waals surface area contributed by atoms with E-state index in [-0.39, 0.29) is 11.4 Å². The minimum Gasteiger partial charge on any atom is -0.508 e. The minimum absolute atomic E-state index is 0.145. The van der Waals surface area contributed by atoms with Crippen LogP contribution >= 0.6 is 0 Å². The Morgan fingerprint density at radius 1 is 1.05 bits per heavy atom. The van der Waals surface area contributed by atoms with Crippen LogP contribution in [0.4, 0.5) is 0 Å². The van der Waals surface area contributed by atoms with Gasteiger partial charge in [-0.1, -0.05) is 30.4 Å². The number of hydrogen-bond donors (Lipinski definition) is 2. The van der Waals surface area contributed by atoms with Crippen LogP contribution in [-0.2, 0) is 0 Å². The lowest BCUT2D eigenvalue weighted by Crippen LogP contribution is -2.15. The van der Waals surface area contributed by atoms with Gasteiger partial charge < -0.3 is 10.1 Å². The Hall–Kier alpha value is -2.75. The maximum atomic E-state index is 12.2. The Kier molecular flexibility index (Phi) is 1.82. The van der Waals surface area contributed by atoms with Gasteiger partial charge in [-0.15, -0.1) is 0 Å². The van der Waals surface area contributed by atoms with Gasteiger partial charge in [0.2, 0.25) is 0 Å². The van der Waals surface area contributed by atoms with E-state index in [0.29, 0.717) is 5.52 Å². The van der Waals surface area contributed by atoms with E-state index in [4.69, 9.17) is 0 Å². The number of rotatable bonds is 0. The molecule has 0 amide bonds. The number of para-hydroxylation sites is 1. The number of aromatic nitrogens is 2. The summed E-state index contributed by atoms with van der Waals surface area (Å²) in [6.07, 6.45) is 3.87. The lowest BCUT2D eigenvalue weighted by atomic mass is 10.1. The number of phenols is 1. The zero-order chi connectivity index (χ0) is 13.0. The zero-order valence-corrected chi connectivity index (χ0v) is 9.92. The highest BCUT2D eigenvalue weighted by atomic mass is 16.3. The van der Waals surface area contributed by atoms with Gasteiger partial charge in [0.15, 0.2) is 0 Å². The molecule has 3 aromatic rings. The van der Waals surface area contributed by atoms with Gasteiger partial charge in [-0.05, 0) is 17.7 Å². The Morgan fingerprint density at radius 2 is 1.84 bits per heavy atom. The van der Waals surface area contributed by atoms with Crippen molar-refractivity contribution in [1.29, 1.82) is 0 Å². The van der Waals surface area contributed by atoms with Crippen molar-refractivity contribution in [3.63, 3.8) is 0 Å². The fraction of sp³-hybridized carbons (Fsp3) is 0. The molecule has 92 valence electrons. The van der Waals surface area contributed by atoms with Crippen LogP contribution in [0.2, 0.25) is 0 Å². The Labute approximate surface area is 108 Å². The number of H-pyrrole nitrogens is 1. The predicted molar refractivity (Wildman–Crippen MR) is 74.5 cm³/mol. The zero-order valence-electron chi connectivity index (χ0n) is 9.92. The summed E-state index contributed by atoms with van der Waals surface area (Å²) in [7, 11) is 0. The molecule has 0 unspecified atom stereocenters. The molecule has 1 aliphatic rings. The first-order valence-corrected chi connectivity index (χ1v) is 5.99. The molecule has 19 heavy (non-hydrogen) atoms. The van der Waals surface area contributed by atoms with Crippen molar-refractivity contribution in [3.05, 3.63) is 58.0 Å². The normalized spacial score (nSPS) is 12.4. The van der Waals surface area contributed by atoms with Gasteiger partial charge in [0.25, 0.3) is 0 Å². The molecule has 2 heterocycles. The van der Waals surface area contributed by atoms with E-state index in [1.807, 2.05) is 36.4 Å². The number of phenolic OH excluding ortho intramolecular Hbond substituents is 1. The third-order valence-corrected chi connectivity index (χ3v) is 3.41. The third-order valence-electron chi connectivity index (χ3n) is 3.41. The summed E-state index contributed by atoms with van der Waals surface area (Å²) in [6, 6.07) is 10.9. The highest BCUT2D eigenvalue weighted by molar-refractivity contribution is 5.93.